The van der Waals surface area contributed by atoms with Gasteiger partial charge in [0.25, 0.3) is 0 Å². The lowest BCUT2D eigenvalue weighted by Crippen LogP contribution is -2.45. The monoisotopic (exact) mass is 230 g/mol. The summed E-state index contributed by atoms with van der Waals surface area (Å²) >= 11 is 0. The Balaban J connectivity index is 4.01. The van der Waals surface area contributed by atoms with Crippen LogP contribution in [0, 0.1) is 0 Å². The Bertz CT molecular complexity index is 255. The number of aldehydes is 1. The number of carbonyl (C=O) groups is 3. The van der Waals surface area contributed by atoms with Crippen molar-refractivity contribution in [3.63, 3.8) is 0 Å². The Hall–Kier alpha value is -1.43. The van der Waals surface area contributed by atoms with Gasteiger partial charge in [-0.05, 0) is 19.8 Å². The van der Waals surface area contributed by atoms with Gasteiger partial charge in [-0.3, -0.25) is 9.59 Å². The fourth-order valence-electron chi connectivity index (χ4n) is 1.31. The van der Waals surface area contributed by atoms with Crippen LogP contribution in [0.2, 0.25) is 0 Å². The normalized spacial score (nSPS) is 14.1. The first-order chi connectivity index (χ1) is 7.47. The zero-order chi connectivity index (χ0) is 12.6. The Labute approximate surface area is 94.2 Å². The maximum Gasteiger partial charge on any atom is 0.303 e. The average molecular weight is 230 g/mol. The Morgan fingerprint density at radius 1 is 1.44 bits per heavy atom. The maximum absolute atomic E-state index is 11.0. The van der Waals surface area contributed by atoms with Crippen molar-refractivity contribution in [2.24, 2.45) is 5.73 Å². The molecule has 0 aromatic carbocycles. The van der Waals surface area contributed by atoms with Crippen LogP contribution in [0.25, 0.3) is 0 Å². The summed E-state index contributed by atoms with van der Waals surface area (Å²) in [6.45, 7) is 1.78. The summed E-state index contributed by atoms with van der Waals surface area (Å²) in [4.78, 5) is 31.5. The molecule has 1 amide bonds. The van der Waals surface area contributed by atoms with Crippen molar-refractivity contribution in [1.82, 2.24) is 5.32 Å². The summed E-state index contributed by atoms with van der Waals surface area (Å²) < 4.78 is 0. The van der Waals surface area contributed by atoms with Crippen molar-refractivity contribution in [3.8, 4) is 0 Å². The first-order valence-electron chi connectivity index (χ1n) is 5.18. The molecule has 2 unspecified atom stereocenters. The van der Waals surface area contributed by atoms with Crippen molar-refractivity contribution >= 4 is 18.2 Å². The number of nitrogens with one attached hydrogen (secondary N) is 1. The predicted octanol–water partition coefficient (Wildman–Crippen LogP) is -0.338. The van der Waals surface area contributed by atoms with Crippen molar-refractivity contribution < 1.29 is 19.5 Å². The molecular weight excluding hydrogens is 212 g/mol. The first-order valence-corrected chi connectivity index (χ1v) is 5.18. The summed E-state index contributed by atoms with van der Waals surface area (Å²) in [5.41, 5.74) is 5.15. The number of rotatable bonds is 9. The molecule has 6 nitrogen and oxygen atoms in total. The highest BCUT2D eigenvalue weighted by Crippen LogP contribution is 2.01. The molecule has 92 valence electrons. The van der Waals surface area contributed by atoms with Crippen molar-refractivity contribution in [3.05, 3.63) is 0 Å². The van der Waals surface area contributed by atoms with Gasteiger partial charge in [-0.15, -0.1) is 0 Å². The molecule has 4 N–H and O–H groups in total. The van der Waals surface area contributed by atoms with Crippen LogP contribution in [0.5, 0.6) is 0 Å². The van der Waals surface area contributed by atoms with Gasteiger partial charge in [0.2, 0.25) is 5.91 Å². The number of aliphatic carboxylic acids is 1. The number of hydrogen-bond donors (Lipinski definition) is 3. The predicted molar refractivity (Wildman–Crippen MR) is 57.7 cm³/mol. The Kier molecular flexibility index (Phi) is 7.11. The molecule has 0 saturated heterocycles. The second-order valence-corrected chi connectivity index (χ2v) is 3.70. The minimum absolute atomic E-state index is 0.0350. The minimum atomic E-state index is -0.878. The van der Waals surface area contributed by atoms with Gasteiger partial charge >= 0.3 is 5.97 Å². The van der Waals surface area contributed by atoms with E-state index < -0.39 is 17.9 Å². The van der Waals surface area contributed by atoms with E-state index in [-0.39, 0.29) is 18.9 Å². The van der Waals surface area contributed by atoms with E-state index >= 15 is 0 Å². The number of nitrogens with two attached hydrogens (primary N) is 1. The lowest BCUT2D eigenvalue weighted by molar-refractivity contribution is -0.137. The molecule has 0 rings (SSSR count). The van der Waals surface area contributed by atoms with E-state index in [1.165, 1.54) is 0 Å². The first kappa shape index (κ1) is 14.6. The number of hydrogen-bond acceptors (Lipinski definition) is 4. The molecule has 6 heteroatoms. The number of carbonyl (C=O) groups excluding carboxylic acids is 2. The molecule has 0 heterocycles. The van der Waals surface area contributed by atoms with Crippen LogP contribution in [-0.4, -0.2) is 35.4 Å². The molecule has 0 spiro atoms. The fourth-order valence-corrected chi connectivity index (χ4v) is 1.31. The van der Waals surface area contributed by atoms with E-state index in [0.29, 0.717) is 12.8 Å². The molecule has 0 aliphatic heterocycles. The summed E-state index contributed by atoms with van der Waals surface area (Å²) in [5.74, 6) is -1.40. The Morgan fingerprint density at radius 2 is 2.06 bits per heavy atom. The van der Waals surface area contributed by atoms with Crippen LogP contribution in [0.4, 0.5) is 0 Å². The van der Waals surface area contributed by atoms with E-state index in [4.69, 9.17) is 10.8 Å². The second-order valence-electron chi connectivity index (χ2n) is 3.70. The van der Waals surface area contributed by atoms with Gasteiger partial charge in [0.15, 0.2) is 0 Å². The van der Waals surface area contributed by atoms with Crippen LogP contribution < -0.4 is 11.1 Å². The van der Waals surface area contributed by atoms with Gasteiger partial charge in [-0.1, -0.05) is 0 Å². The van der Waals surface area contributed by atoms with Gasteiger partial charge in [-0.25, -0.2) is 0 Å². The van der Waals surface area contributed by atoms with E-state index in [9.17, 15) is 14.4 Å². The summed E-state index contributed by atoms with van der Waals surface area (Å²) in [6.07, 6.45) is 1.77. The van der Waals surface area contributed by atoms with Crippen molar-refractivity contribution in [2.75, 3.05) is 0 Å². The quantitative estimate of drug-likeness (QED) is 0.469. The molecule has 0 fully saturated rings. The molecule has 0 aliphatic rings. The molecule has 0 bridgehead atoms. The maximum atomic E-state index is 11.0. The average Bonchev–Trinajstić information content (AvgIpc) is 2.20. The lowest BCUT2D eigenvalue weighted by atomic mass is 10.1. The van der Waals surface area contributed by atoms with Crippen LogP contribution in [0.15, 0.2) is 0 Å². The topological polar surface area (TPSA) is 109 Å². The van der Waals surface area contributed by atoms with E-state index in [0.717, 1.165) is 6.29 Å². The molecule has 0 aromatic heterocycles. The highest BCUT2D eigenvalue weighted by atomic mass is 16.4. The number of primary amides is 1. The van der Waals surface area contributed by atoms with E-state index in [2.05, 4.69) is 5.32 Å². The summed E-state index contributed by atoms with van der Waals surface area (Å²) in [5, 5.41) is 11.4. The van der Waals surface area contributed by atoms with Gasteiger partial charge in [0.05, 0.1) is 6.04 Å². The van der Waals surface area contributed by atoms with Crippen LogP contribution in [0.3, 0.4) is 0 Å². The second kappa shape index (κ2) is 7.81. The zero-order valence-electron chi connectivity index (χ0n) is 9.31. The van der Waals surface area contributed by atoms with Gasteiger partial charge in [-0.2, -0.15) is 0 Å². The fraction of sp³-hybridized carbons (Fsp3) is 0.700. The SMILES string of the molecule is CC(CCC(=O)O)NC(CCC=O)C(N)=O. The van der Waals surface area contributed by atoms with Crippen molar-refractivity contribution in [2.45, 2.75) is 44.7 Å². The van der Waals surface area contributed by atoms with Gasteiger partial charge < -0.3 is 21.0 Å². The largest absolute Gasteiger partial charge is 0.481 e. The van der Waals surface area contributed by atoms with Gasteiger partial charge in [0, 0.05) is 18.9 Å². The third-order valence-electron chi connectivity index (χ3n) is 2.19. The number of carboxylic acid groups (broad SMARTS) is 1. The molecule has 2 atom stereocenters. The Morgan fingerprint density at radius 3 is 2.50 bits per heavy atom. The van der Waals surface area contributed by atoms with Gasteiger partial charge in [0.1, 0.15) is 6.29 Å². The summed E-state index contributed by atoms with van der Waals surface area (Å²) in [6, 6.07) is -0.700. The summed E-state index contributed by atoms with van der Waals surface area (Å²) in [7, 11) is 0. The van der Waals surface area contributed by atoms with E-state index in [1.54, 1.807) is 6.92 Å². The van der Waals surface area contributed by atoms with E-state index in [1.807, 2.05) is 0 Å². The van der Waals surface area contributed by atoms with Crippen LogP contribution in [0.1, 0.15) is 32.6 Å². The minimum Gasteiger partial charge on any atom is -0.481 e. The zero-order valence-corrected chi connectivity index (χ0v) is 9.31. The standard InChI is InChI=1S/C10H18N2O4/c1-7(4-5-9(14)15)12-8(10(11)16)3-2-6-13/h6-8,12H,2-5H2,1H3,(H2,11,16)(H,14,15). The molecule has 0 radical (unpaired) electrons. The highest BCUT2D eigenvalue weighted by Gasteiger charge is 2.17. The molecular formula is C10H18N2O4. The lowest BCUT2D eigenvalue weighted by Gasteiger charge is -2.19. The third-order valence-corrected chi connectivity index (χ3v) is 2.19. The van der Waals surface area contributed by atoms with Crippen molar-refractivity contribution in [1.29, 1.82) is 0 Å². The number of carboxylic acids is 1. The molecule has 16 heavy (non-hydrogen) atoms. The highest BCUT2D eigenvalue weighted by molar-refractivity contribution is 5.80. The van der Waals surface area contributed by atoms with Crippen LogP contribution >= 0.6 is 0 Å². The third kappa shape index (κ3) is 6.94. The molecule has 0 aromatic rings. The number of amides is 1. The van der Waals surface area contributed by atoms with Crippen LogP contribution in [-0.2, 0) is 14.4 Å². The molecule has 0 saturated carbocycles. The molecule has 0 aliphatic carbocycles. The smallest absolute Gasteiger partial charge is 0.303 e.